The number of anilines is 2. The first-order valence-electron chi connectivity index (χ1n) is 11.8. The zero-order valence-electron chi connectivity index (χ0n) is 20.3. The summed E-state index contributed by atoms with van der Waals surface area (Å²) in [5, 5.41) is 2.84. The fourth-order valence-corrected chi connectivity index (χ4v) is 4.24. The number of hydrogen-bond acceptors (Lipinski definition) is 6. The van der Waals surface area contributed by atoms with Gasteiger partial charge in [0.1, 0.15) is 28.8 Å². The topological polar surface area (TPSA) is 84.9 Å². The fraction of sp³-hybridized carbons (Fsp3) is 0.0333. The van der Waals surface area contributed by atoms with Gasteiger partial charge in [0.15, 0.2) is 0 Å². The van der Waals surface area contributed by atoms with E-state index in [1.165, 1.54) is 12.1 Å². The molecule has 2 amide bonds. The van der Waals surface area contributed by atoms with Crippen LogP contribution in [0.1, 0.15) is 15.9 Å². The van der Waals surface area contributed by atoms with Crippen LogP contribution in [0.2, 0.25) is 5.02 Å². The van der Waals surface area contributed by atoms with Gasteiger partial charge in [-0.25, -0.2) is 9.69 Å². The highest BCUT2D eigenvalue weighted by Gasteiger charge is 2.39. The Morgan fingerprint density at radius 3 is 2.08 bits per heavy atom. The molecular formula is C30H20Cl2N2O5. The number of nitrogens with one attached hydrogen (secondary N) is 1. The standard InChI is InChI=1S/C30H20Cl2N2O5/c31-24-8-4-5-9-25(24)34-28(35)26(32)27(29(34)36)33-21-12-10-20(11-13-21)30(37)39-23-16-14-22(15-17-23)38-18-19-6-2-1-3-7-19/h1-17,33H,18H2. The highest BCUT2D eigenvalue weighted by Crippen LogP contribution is 2.34. The molecule has 4 aromatic carbocycles. The van der Waals surface area contributed by atoms with Crippen molar-refractivity contribution in [1.82, 2.24) is 0 Å². The van der Waals surface area contributed by atoms with Crippen LogP contribution in [0.15, 0.2) is 114 Å². The van der Waals surface area contributed by atoms with Gasteiger partial charge in [-0.3, -0.25) is 9.59 Å². The number of para-hydroxylation sites is 1. The van der Waals surface area contributed by atoms with Gasteiger partial charge in [-0.05, 0) is 66.2 Å². The van der Waals surface area contributed by atoms with Crippen molar-refractivity contribution in [2.45, 2.75) is 6.61 Å². The first-order chi connectivity index (χ1) is 18.9. The third-order valence-corrected chi connectivity index (χ3v) is 6.46. The Hall–Kier alpha value is -4.59. The Kier molecular flexibility index (Phi) is 7.63. The van der Waals surface area contributed by atoms with Gasteiger partial charge in [0.05, 0.1) is 16.3 Å². The van der Waals surface area contributed by atoms with Crippen molar-refractivity contribution >= 4 is 52.4 Å². The molecule has 1 aliphatic heterocycles. The number of nitrogens with zero attached hydrogens (tertiary/aromatic N) is 1. The van der Waals surface area contributed by atoms with Crippen molar-refractivity contribution in [2.24, 2.45) is 0 Å². The minimum absolute atomic E-state index is 0.0912. The van der Waals surface area contributed by atoms with Crippen LogP contribution in [0.5, 0.6) is 11.5 Å². The average molecular weight is 559 g/mol. The number of ether oxygens (including phenoxy) is 2. The SMILES string of the molecule is O=C(Oc1ccc(OCc2ccccc2)cc1)c1ccc(NC2=C(Cl)C(=O)N(c3ccccc3Cl)C2=O)cc1. The molecule has 194 valence electrons. The molecular weight excluding hydrogens is 539 g/mol. The second-order valence-electron chi connectivity index (χ2n) is 8.42. The summed E-state index contributed by atoms with van der Waals surface area (Å²) in [6.07, 6.45) is 0. The van der Waals surface area contributed by atoms with E-state index in [1.54, 1.807) is 60.7 Å². The lowest BCUT2D eigenvalue weighted by Gasteiger charge is -2.16. The fourth-order valence-electron chi connectivity index (χ4n) is 3.81. The molecule has 0 saturated carbocycles. The number of amides is 2. The second-order valence-corrected chi connectivity index (χ2v) is 9.21. The molecule has 1 aliphatic rings. The molecule has 1 N–H and O–H groups in total. The second kappa shape index (κ2) is 11.4. The highest BCUT2D eigenvalue weighted by atomic mass is 35.5. The summed E-state index contributed by atoms with van der Waals surface area (Å²) in [6.45, 7) is 0.431. The molecule has 0 radical (unpaired) electrons. The molecule has 0 saturated heterocycles. The number of carbonyl (C=O) groups is 3. The van der Waals surface area contributed by atoms with Crippen LogP contribution in [0.4, 0.5) is 11.4 Å². The first kappa shape index (κ1) is 26.0. The molecule has 1 heterocycles. The number of benzene rings is 4. The van der Waals surface area contributed by atoms with Gasteiger partial charge in [-0.1, -0.05) is 65.7 Å². The normalized spacial score (nSPS) is 13.0. The molecule has 0 unspecified atom stereocenters. The monoisotopic (exact) mass is 558 g/mol. The van der Waals surface area contributed by atoms with E-state index in [0.29, 0.717) is 23.8 Å². The van der Waals surface area contributed by atoms with Gasteiger partial charge in [-0.15, -0.1) is 0 Å². The highest BCUT2D eigenvalue weighted by molar-refractivity contribution is 6.53. The van der Waals surface area contributed by atoms with E-state index in [1.807, 2.05) is 30.3 Å². The maximum atomic E-state index is 13.0. The van der Waals surface area contributed by atoms with Gasteiger partial charge in [-0.2, -0.15) is 0 Å². The van der Waals surface area contributed by atoms with Gasteiger partial charge in [0.25, 0.3) is 11.8 Å². The van der Waals surface area contributed by atoms with Gasteiger partial charge < -0.3 is 14.8 Å². The number of esters is 1. The van der Waals surface area contributed by atoms with Crippen molar-refractivity contribution in [3.63, 3.8) is 0 Å². The Bertz CT molecular complexity index is 1570. The maximum Gasteiger partial charge on any atom is 0.343 e. The quantitative estimate of drug-likeness (QED) is 0.149. The average Bonchev–Trinajstić information content (AvgIpc) is 3.16. The van der Waals surface area contributed by atoms with Crippen LogP contribution < -0.4 is 19.7 Å². The predicted molar refractivity (Wildman–Crippen MR) is 149 cm³/mol. The summed E-state index contributed by atoms with van der Waals surface area (Å²) in [7, 11) is 0. The molecule has 4 aromatic rings. The lowest BCUT2D eigenvalue weighted by Crippen LogP contribution is -2.32. The maximum absolute atomic E-state index is 13.0. The zero-order chi connectivity index (χ0) is 27.4. The molecule has 5 rings (SSSR count). The van der Waals surface area contributed by atoms with E-state index >= 15 is 0 Å². The molecule has 0 aliphatic carbocycles. The summed E-state index contributed by atoms with van der Waals surface area (Å²) in [6, 6.07) is 29.2. The molecule has 39 heavy (non-hydrogen) atoms. The number of carbonyl (C=O) groups excluding carboxylic acids is 3. The van der Waals surface area contributed by atoms with Crippen LogP contribution in [0.3, 0.4) is 0 Å². The zero-order valence-corrected chi connectivity index (χ0v) is 21.8. The van der Waals surface area contributed by atoms with Gasteiger partial charge in [0.2, 0.25) is 0 Å². The number of hydrogen-bond donors (Lipinski definition) is 1. The Morgan fingerprint density at radius 2 is 1.38 bits per heavy atom. The Morgan fingerprint density at radius 1 is 0.744 bits per heavy atom. The Labute approximate surface area is 234 Å². The lowest BCUT2D eigenvalue weighted by atomic mass is 10.2. The summed E-state index contributed by atoms with van der Waals surface area (Å²) < 4.78 is 11.2. The van der Waals surface area contributed by atoms with Crippen LogP contribution >= 0.6 is 23.2 Å². The molecule has 0 aromatic heterocycles. The van der Waals surface area contributed by atoms with E-state index in [-0.39, 0.29) is 27.0 Å². The number of halogens is 2. The summed E-state index contributed by atoms with van der Waals surface area (Å²) in [5.41, 5.74) is 1.93. The minimum atomic E-state index is -0.686. The first-order valence-corrected chi connectivity index (χ1v) is 12.6. The van der Waals surface area contributed by atoms with Crippen LogP contribution in [0.25, 0.3) is 0 Å². The minimum Gasteiger partial charge on any atom is -0.489 e. The van der Waals surface area contributed by atoms with E-state index in [4.69, 9.17) is 32.7 Å². The summed E-state index contributed by atoms with van der Waals surface area (Å²) in [4.78, 5) is 39.1. The van der Waals surface area contributed by atoms with Crippen molar-refractivity contribution in [1.29, 1.82) is 0 Å². The molecule has 7 nitrogen and oxygen atoms in total. The molecule has 0 bridgehead atoms. The van der Waals surface area contributed by atoms with Crippen molar-refractivity contribution in [3.8, 4) is 11.5 Å². The van der Waals surface area contributed by atoms with Crippen LogP contribution in [0, 0.1) is 0 Å². The van der Waals surface area contributed by atoms with E-state index in [2.05, 4.69) is 5.32 Å². The lowest BCUT2D eigenvalue weighted by molar-refractivity contribution is -0.120. The smallest absolute Gasteiger partial charge is 0.343 e. The molecule has 0 fully saturated rings. The molecule has 0 spiro atoms. The number of rotatable bonds is 8. The van der Waals surface area contributed by atoms with Crippen LogP contribution in [-0.4, -0.2) is 17.8 Å². The molecule has 9 heteroatoms. The Balaban J connectivity index is 1.20. The third kappa shape index (κ3) is 5.80. The predicted octanol–water partition coefficient (Wildman–Crippen LogP) is 6.57. The van der Waals surface area contributed by atoms with Crippen molar-refractivity contribution in [2.75, 3.05) is 10.2 Å². The largest absolute Gasteiger partial charge is 0.489 e. The third-order valence-electron chi connectivity index (χ3n) is 5.79. The summed E-state index contributed by atoms with van der Waals surface area (Å²) >= 11 is 12.3. The van der Waals surface area contributed by atoms with E-state index in [0.717, 1.165) is 10.5 Å². The van der Waals surface area contributed by atoms with Crippen molar-refractivity contribution in [3.05, 3.63) is 130 Å². The van der Waals surface area contributed by atoms with E-state index in [9.17, 15) is 14.4 Å². The van der Waals surface area contributed by atoms with Crippen LogP contribution in [-0.2, 0) is 16.2 Å². The van der Waals surface area contributed by atoms with Gasteiger partial charge >= 0.3 is 5.97 Å². The molecule has 0 atom stereocenters. The van der Waals surface area contributed by atoms with E-state index < -0.39 is 17.8 Å². The van der Waals surface area contributed by atoms with Gasteiger partial charge in [0, 0.05) is 5.69 Å². The summed E-state index contributed by atoms with van der Waals surface area (Å²) in [5.74, 6) is -0.878. The van der Waals surface area contributed by atoms with Crippen molar-refractivity contribution < 1.29 is 23.9 Å². The number of imide groups is 1.